The lowest BCUT2D eigenvalue weighted by atomic mass is 10.4. The van der Waals surface area contributed by atoms with Crippen LogP contribution >= 0.6 is 22.9 Å². The van der Waals surface area contributed by atoms with Crippen LogP contribution in [0.4, 0.5) is 0 Å². The average Bonchev–Trinajstić information content (AvgIpc) is 2.31. The quantitative estimate of drug-likeness (QED) is 0.730. The first-order chi connectivity index (χ1) is 4.83. The van der Waals surface area contributed by atoms with E-state index in [2.05, 4.69) is 0 Å². The van der Waals surface area contributed by atoms with Gasteiger partial charge in [0, 0.05) is 4.88 Å². The molecule has 1 aromatic rings. The van der Waals surface area contributed by atoms with E-state index in [9.17, 15) is 0 Å². The van der Waals surface area contributed by atoms with Gasteiger partial charge in [0.1, 0.15) is 0 Å². The highest BCUT2D eigenvalue weighted by molar-refractivity contribution is 7.16. The van der Waals surface area contributed by atoms with Crippen molar-refractivity contribution in [2.24, 2.45) is 0 Å². The van der Waals surface area contributed by atoms with E-state index in [0.29, 0.717) is 0 Å². The molecule has 0 unspecified atom stereocenters. The second kappa shape index (κ2) is 3.76. The normalized spacial score (nSPS) is 11.0. The Morgan fingerprint density at radius 1 is 1.60 bits per heavy atom. The Bertz CT molecular complexity index is 229. The summed E-state index contributed by atoms with van der Waals surface area (Å²) < 4.78 is 0.776. The van der Waals surface area contributed by atoms with Crippen LogP contribution < -0.4 is 0 Å². The lowest BCUT2D eigenvalue weighted by Crippen LogP contribution is -1.68. The molecule has 0 aliphatic heterocycles. The minimum atomic E-state index is 0.0789. The van der Waals surface area contributed by atoms with Crippen molar-refractivity contribution >= 4 is 29.0 Å². The van der Waals surface area contributed by atoms with Gasteiger partial charge in [-0.3, -0.25) is 0 Å². The number of hydrogen-bond donors (Lipinski definition) is 1. The minimum Gasteiger partial charge on any atom is -0.392 e. The van der Waals surface area contributed by atoms with E-state index in [4.69, 9.17) is 16.7 Å². The zero-order valence-corrected chi connectivity index (χ0v) is 6.82. The van der Waals surface area contributed by atoms with Crippen molar-refractivity contribution < 1.29 is 5.11 Å². The molecule has 3 heteroatoms. The average molecular weight is 175 g/mol. The van der Waals surface area contributed by atoms with Crippen molar-refractivity contribution in [3.05, 3.63) is 27.4 Å². The molecular weight excluding hydrogens is 168 g/mol. The smallest absolute Gasteiger partial charge is 0.0934 e. The van der Waals surface area contributed by atoms with Gasteiger partial charge in [0.25, 0.3) is 0 Å². The fourth-order valence-corrected chi connectivity index (χ4v) is 1.58. The molecule has 0 radical (unpaired) electrons. The van der Waals surface area contributed by atoms with Crippen molar-refractivity contribution in [1.29, 1.82) is 0 Å². The Morgan fingerprint density at radius 3 is 2.90 bits per heavy atom. The fourth-order valence-electron chi connectivity index (χ4n) is 0.587. The summed E-state index contributed by atoms with van der Waals surface area (Å²) in [4.78, 5) is 1.07. The standard InChI is InChI=1S/C7H7ClOS/c8-7-4-3-6(10-7)2-1-5-9/h1-4,9H,5H2/b2-1+. The lowest BCUT2D eigenvalue weighted by Gasteiger charge is -1.79. The van der Waals surface area contributed by atoms with E-state index in [1.165, 1.54) is 11.3 Å². The van der Waals surface area contributed by atoms with Gasteiger partial charge in [-0.25, -0.2) is 0 Å². The molecule has 0 fully saturated rings. The molecule has 0 bridgehead atoms. The first kappa shape index (κ1) is 7.79. The van der Waals surface area contributed by atoms with Crippen molar-refractivity contribution in [2.75, 3.05) is 6.61 Å². The van der Waals surface area contributed by atoms with Gasteiger partial charge in [0.2, 0.25) is 0 Å². The summed E-state index contributed by atoms with van der Waals surface area (Å²) in [5.74, 6) is 0. The van der Waals surface area contributed by atoms with Gasteiger partial charge in [0.05, 0.1) is 10.9 Å². The number of halogens is 1. The molecule has 0 aliphatic carbocycles. The Balaban J connectivity index is 2.67. The molecule has 0 aliphatic rings. The molecule has 0 spiro atoms. The molecule has 1 rings (SSSR count). The number of aliphatic hydroxyl groups is 1. The molecular formula is C7H7ClOS. The van der Waals surface area contributed by atoms with Crippen LogP contribution in [0.2, 0.25) is 4.34 Å². The largest absolute Gasteiger partial charge is 0.392 e. The van der Waals surface area contributed by atoms with Crippen LogP contribution in [0.15, 0.2) is 18.2 Å². The Kier molecular flexibility index (Phi) is 2.93. The molecule has 0 saturated carbocycles. The maximum atomic E-state index is 8.42. The first-order valence-corrected chi connectivity index (χ1v) is 4.05. The van der Waals surface area contributed by atoms with Crippen molar-refractivity contribution in [2.45, 2.75) is 0 Å². The van der Waals surface area contributed by atoms with Crippen LogP contribution in [0.3, 0.4) is 0 Å². The fraction of sp³-hybridized carbons (Fsp3) is 0.143. The number of thiophene rings is 1. The SMILES string of the molecule is OC/C=C/c1ccc(Cl)s1. The van der Waals surface area contributed by atoms with Crippen LogP contribution in [0.5, 0.6) is 0 Å². The van der Waals surface area contributed by atoms with Crippen LogP contribution in [0, 0.1) is 0 Å². The topological polar surface area (TPSA) is 20.2 Å². The van der Waals surface area contributed by atoms with E-state index < -0.39 is 0 Å². The predicted molar refractivity (Wildman–Crippen MR) is 45.4 cm³/mol. The van der Waals surface area contributed by atoms with Crippen molar-refractivity contribution in [3.8, 4) is 0 Å². The van der Waals surface area contributed by atoms with Crippen LogP contribution in [0.25, 0.3) is 6.08 Å². The molecule has 0 saturated heterocycles. The predicted octanol–water partition coefficient (Wildman–Crippen LogP) is 2.41. The summed E-state index contributed by atoms with van der Waals surface area (Å²) in [5, 5.41) is 8.42. The molecule has 0 amide bonds. The van der Waals surface area contributed by atoms with Crippen LogP contribution in [-0.2, 0) is 0 Å². The molecule has 1 heterocycles. The highest BCUT2D eigenvalue weighted by Crippen LogP contribution is 2.22. The van der Waals surface area contributed by atoms with Gasteiger partial charge in [-0.15, -0.1) is 11.3 Å². The maximum absolute atomic E-state index is 8.42. The molecule has 1 N–H and O–H groups in total. The van der Waals surface area contributed by atoms with Gasteiger partial charge in [-0.2, -0.15) is 0 Å². The third kappa shape index (κ3) is 2.14. The summed E-state index contributed by atoms with van der Waals surface area (Å²) in [5.41, 5.74) is 0. The number of aliphatic hydroxyl groups excluding tert-OH is 1. The molecule has 10 heavy (non-hydrogen) atoms. The Labute approximate surface area is 68.6 Å². The Morgan fingerprint density at radius 2 is 2.40 bits per heavy atom. The summed E-state index contributed by atoms with van der Waals surface area (Å²) >= 11 is 7.16. The Hall–Kier alpha value is -0.310. The van der Waals surface area contributed by atoms with E-state index in [0.717, 1.165) is 9.21 Å². The zero-order chi connectivity index (χ0) is 7.40. The van der Waals surface area contributed by atoms with Gasteiger partial charge < -0.3 is 5.11 Å². The lowest BCUT2D eigenvalue weighted by molar-refractivity contribution is 0.343. The summed E-state index contributed by atoms with van der Waals surface area (Å²) in [6.45, 7) is 0.0789. The number of rotatable bonds is 2. The molecule has 54 valence electrons. The second-order valence-electron chi connectivity index (χ2n) is 1.73. The molecule has 1 aromatic heterocycles. The van der Waals surface area contributed by atoms with E-state index in [1.807, 2.05) is 18.2 Å². The van der Waals surface area contributed by atoms with Crippen molar-refractivity contribution in [1.82, 2.24) is 0 Å². The molecule has 0 aromatic carbocycles. The monoisotopic (exact) mass is 174 g/mol. The highest BCUT2D eigenvalue weighted by Gasteiger charge is 1.90. The first-order valence-electron chi connectivity index (χ1n) is 2.85. The molecule has 1 nitrogen and oxygen atoms in total. The van der Waals surface area contributed by atoms with Gasteiger partial charge in [0.15, 0.2) is 0 Å². The van der Waals surface area contributed by atoms with Crippen LogP contribution in [-0.4, -0.2) is 11.7 Å². The highest BCUT2D eigenvalue weighted by atomic mass is 35.5. The number of hydrogen-bond acceptors (Lipinski definition) is 2. The van der Waals surface area contributed by atoms with Crippen molar-refractivity contribution in [3.63, 3.8) is 0 Å². The van der Waals surface area contributed by atoms with Crippen LogP contribution in [0.1, 0.15) is 4.88 Å². The van der Waals surface area contributed by atoms with Gasteiger partial charge in [-0.05, 0) is 18.2 Å². The third-order valence-corrected chi connectivity index (χ3v) is 2.18. The zero-order valence-electron chi connectivity index (χ0n) is 5.25. The van der Waals surface area contributed by atoms with Gasteiger partial charge in [-0.1, -0.05) is 17.7 Å². The molecule has 0 atom stereocenters. The maximum Gasteiger partial charge on any atom is 0.0934 e. The summed E-state index contributed by atoms with van der Waals surface area (Å²) in [6.07, 6.45) is 3.53. The second-order valence-corrected chi connectivity index (χ2v) is 3.47. The van der Waals surface area contributed by atoms with E-state index in [1.54, 1.807) is 6.08 Å². The van der Waals surface area contributed by atoms with E-state index in [-0.39, 0.29) is 6.61 Å². The van der Waals surface area contributed by atoms with E-state index >= 15 is 0 Å². The third-order valence-electron chi connectivity index (χ3n) is 0.982. The minimum absolute atomic E-state index is 0.0789. The summed E-state index contributed by atoms with van der Waals surface area (Å²) in [6, 6.07) is 3.75. The summed E-state index contributed by atoms with van der Waals surface area (Å²) in [7, 11) is 0. The van der Waals surface area contributed by atoms with Gasteiger partial charge >= 0.3 is 0 Å².